The molecule has 2 N–H and O–H groups in total. The van der Waals surface area contributed by atoms with Gasteiger partial charge in [0.05, 0.1) is 19.6 Å². The largest absolute Gasteiger partial charge is 0.618 e. The van der Waals surface area contributed by atoms with Crippen LogP contribution in [0.3, 0.4) is 0 Å². The van der Waals surface area contributed by atoms with Crippen LogP contribution in [0.15, 0.2) is 18.3 Å². The molecule has 0 bridgehead atoms. The van der Waals surface area contributed by atoms with E-state index in [1.807, 2.05) is 6.92 Å². The predicted molar refractivity (Wildman–Crippen MR) is 55.1 cm³/mol. The molecule has 0 aliphatic carbocycles. The fourth-order valence-electron chi connectivity index (χ4n) is 1.16. The third-order valence-corrected chi connectivity index (χ3v) is 1.86. The lowest BCUT2D eigenvalue weighted by atomic mass is 10.2. The van der Waals surface area contributed by atoms with E-state index in [0.717, 1.165) is 0 Å². The summed E-state index contributed by atoms with van der Waals surface area (Å²) in [5, 5.41) is 27.4. The van der Waals surface area contributed by atoms with Gasteiger partial charge < -0.3 is 20.5 Å². The Hall–Kier alpha value is -1.62. The topological polar surface area (TPSA) is 80.2 Å². The Balaban J connectivity index is 2.78. The summed E-state index contributed by atoms with van der Waals surface area (Å²) in [5.74, 6) is 0.506. The van der Waals surface area contributed by atoms with E-state index in [4.69, 9.17) is 15.3 Å². The lowest BCUT2D eigenvalue weighted by Gasteiger charge is -2.06. The van der Waals surface area contributed by atoms with Crippen molar-refractivity contribution in [2.75, 3.05) is 13.2 Å². The van der Waals surface area contributed by atoms with Crippen molar-refractivity contribution < 1.29 is 14.6 Å². The SMILES string of the molecule is CCOc1ccc(CC(=N)CO)[n+]([O-])c1. The van der Waals surface area contributed by atoms with Crippen LogP contribution in [0, 0.1) is 10.6 Å². The molecule has 82 valence electrons. The maximum absolute atomic E-state index is 11.4. The van der Waals surface area contributed by atoms with Crippen molar-refractivity contribution in [2.45, 2.75) is 13.3 Å². The molecule has 0 aliphatic heterocycles. The zero-order valence-electron chi connectivity index (χ0n) is 8.56. The van der Waals surface area contributed by atoms with Gasteiger partial charge in [-0.15, -0.1) is 0 Å². The van der Waals surface area contributed by atoms with E-state index in [2.05, 4.69) is 0 Å². The molecule has 0 amide bonds. The quantitative estimate of drug-likeness (QED) is 0.416. The van der Waals surface area contributed by atoms with Crippen molar-refractivity contribution in [3.63, 3.8) is 0 Å². The average Bonchev–Trinajstić information content (AvgIpc) is 2.22. The first-order valence-corrected chi connectivity index (χ1v) is 4.69. The number of pyridine rings is 1. The minimum absolute atomic E-state index is 0.115. The number of nitrogens with zero attached hydrogens (tertiary/aromatic N) is 1. The van der Waals surface area contributed by atoms with Gasteiger partial charge in [-0.1, -0.05) is 0 Å². The number of nitrogens with one attached hydrogen (secondary N) is 1. The molecule has 0 radical (unpaired) electrons. The lowest BCUT2D eigenvalue weighted by molar-refractivity contribution is -0.613. The number of hydrogen-bond donors (Lipinski definition) is 2. The van der Waals surface area contributed by atoms with Crippen molar-refractivity contribution in [3.8, 4) is 5.75 Å². The standard InChI is InChI=1S/C10H14N2O3/c1-2-15-10-4-3-9(12(14)6-10)5-8(11)7-13/h3-4,6,11,13H,2,5,7H2,1H3. The second-order valence-electron chi connectivity index (χ2n) is 3.05. The van der Waals surface area contributed by atoms with Crippen LogP contribution >= 0.6 is 0 Å². The highest BCUT2D eigenvalue weighted by Gasteiger charge is 2.09. The van der Waals surface area contributed by atoms with E-state index in [1.165, 1.54) is 6.20 Å². The van der Waals surface area contributed by atoms with Crippen LogP contribution in [-0.2, 0) is 6.42 Å². The maximum Gasteiger partial charge on any atom is 0.222 e. The van der Waals surface area contributed by atoms with Crippen LogP contribution in [-0.4, -0.2) is 24.0 Å². The Morgan fingerprint density at radius 2 is 2.33 bits per heavy atom. The fraction of sp³-hybridized carbons (Fsp3) is 0.400. The van der Waals surface area contributed by atoms with Crippen LogP contribution in [0.4, 0.5) is 0 Å². The van der Waals surface area contributed by atoms with Crippen LogP contribution in [0.5, 0.6) is 5.75 Å². The lowest BCUT2D eigenvalue weighted by Crippen LogP contribution is -2.33. The molecular formula is C10H14N2O3. The molecule has 15 heavy (non-hydrogen) atoms. The van der Waals surface area contributed by atoms with E-state index >= 15 is 0 Å². The van der Waals surface area contributed by atoms with Crippen molar-refractivity contribution >= 4 is 5.71 Å². The number of rotatable bonds is 5. The summed E-state index contributed by atoms with van der Waals surface area (Å²) in [4.78, 5) is 0. The number of ether oxygens (including phenoxy) is 1. The summed E-state index contributed by atoms with van der Waals surface area (Å²) in [6.07, 6.45) is 1.48. The second kappa shape index (κ2) is 5.31. The van der Waals surface area contributed by atoms with Gasteiger partial charge in [-0.25, -0.2) is 0 Å². The first-order valence-electron chi connectivity index (χ1n) is 4.69. The molecule has 5 nitrogen and oxygen atoms in total. The van der Waals surface area contributed by atoms with E-state index < -0.39 is 0 Å². The van der Waals surface area contributed by atoms with Gasteiger partial charge in [-0.3, -0.25) is 0 Å². The van der Waals surface area contributed by atoms with E-state index in [-0.39, 0.29) is 18.7 Å². The number of aliphatic hydroxyl groups is 1. The third-order valence-electron chi connectivity index (χ3n) is 1.86. The van der Waals surface area contributed by atoms with Gasteiger partial charge in [0.25, 0.3) is 0 Å². The fourth-order valence-corrected chi connectivity index (χ4v) is 1.16. The Morgan fingerprint density at radius 1 is 1.60 bits per heavy atom. The molecule has 0 unspecified atom stereocenters. The summed E-state index contributed by atoms with van der Waals surface area (Å²) in [7, 11) is 0. The predicted octanol–water partition coefficient (Wildman–Crippen LogP) is 0.273. The van der Waals surface area contributed by atoms with E-state index in [1.54, 1.807) is 12.1 Å². The zero-order valence-corrected chi connectivity index (χ0v) is 8.56. The molecular weight excluding hydrogens is 196 g/mol. The van der Waals surface area contributed by atoms with Crippen molar-refractivity contribution in [1.82, 2.24) is 0 Å². The molecule has 0 fully saturated rings. The highest BCUT2D eigenvalue weighted by Crippen LogP contribution is 2.07. The summed E-state index contributed by atoms with van der Waals surface area (Å²) in [5.41, 5.74) is 0.543. The van der Waals surface area contributed by atoms with Gasteiger partial charge in [-0.2, -0.15) is 4.73 Å². The van der Waals surface area contributed by atoms with E-state index in [0.29, 0.717) is 22.8 Å². The first kappa shape index (κ1) is 11.5. The van der Waals surface area contributed by atoms with Crippen molar-refractivity contribution in [1.29, 1.82) is 5.41 Å². The summed E-state index contributed by atoms with van der Waals surface area (Å²) >= 11 is 0. The maximum atomic E-state index is 11.4. The molecule has 5 heteroatoms. The van der Waals surface area contributed by atoms with Crippen molar-refractivity contribution in [3.05, 3.63) is 29.2 Å². The first-order chi connectivity index (χ1) is 7.17. The van der Waals surface area contributed by atoms with Gasteiger partial charge in [0, 0.05) is 11.8 Å². The van der Waals surface area contributed by atoms with Crippen molar-refractivity contribution in [2.24, 2.45) is 0 Å². The summed E-state index contributed by atoms with van der Waals surface area (Å²) < 4.78 is 5.81. The smallest absolute Gasteiger partial charge is 0.222 e. The summed E-state index contributed by atoms with van der Waals surface area (Å²) in [6, 6.07) is 3.28. The summed E-state index contributed by atoms with van der Waals surface area (Å²) in [6.45, 7) is 2.02. The van der Waals surface area contributed by atoms with Crippen LogP contribution in [0.25, 0.3) is 0 Å². The highest BCUT2D eigenvalue weighted by molar-refractivity contribution is 5.83. The van der Waals surface area contributed by atoms with Crippen LogP contribution in [0.1, 0.15) is 12.6 Å². The van der Waals surface area contributed by atoms with Crippen LogP contribution in [0.2, 0.25) is 0 Å². The van der Waals surface area contributed by atoms with Gasteiger partial charge in [0.1, 0.15) is 0 Å². The normalized spacial score (nSPS) is 10.0. The third kappa shape index (κ3) is 3.21. The molecule has 0 saturated carbocycles. The molecule has 0 aliphatic rings. The molecule has 1 aromatic heterocycles. The average molecular weight is 210 g/mol. The molecule has 0 atom stereocenters. The highest BCUT2D eigenvalue weighted by atomic mass is 16.5. The monoisotopic (exact) mass is 210 g/mol. The zero-order chi connectivity index (χ0) is 11.3. The Labute approximate surface area is 88.0 Å². The molecule has 0 saturated heterocycles. The number of aromatic nitrogens is 1. The number of aliphatic hydroxyl groups excluding tert-OH is 1. The van der Waals surface area contributed by atoms with E-state index in [9.17, 15) is 5.21 Å². The molecule has 0 spiro atoms. The van der Waals surface area contributed by atoms with Crippen LogP contribution < -0.4 is 9.47 Å². The Kier molecular flexibility index (Phi) is 4.05. The Morgan fingerprint density at radius 3 is 2.87 bits per heavy atom. The minimum atomic E-state index is -0.326. The molecule has 1 rings (SSSR count). The van der Waals surface area contributed by atoms with Gasteiger partial charge in [-0.05, 0) is 13.0 Å². The second-order valence-corrected chi connectivity index (χ2v) is 3.05. The Bertz CT molecular complexity index is 353. The van der Waals surface area contributed by atoms with Gasteiger partial charge in [0.15, 0.2) is 11.4 Å². The molecule has 0 aromatic carbocycles. The minimum Gasteiger partial charge on any atom is -0.618 e. The molecule has 1 heterocycles. The van der Waals surface area contributed by atoms with Gasteiger partial charge >= 0.3 is 0 Å². The molecule has 1 aromatic rings. The number of hydrogen-bond acceptors (Lipinski definition) is 4. The van der Waals surface area contributed by atoms with Gasteiger partial charge in [0.2, 0.25) is 6.20 Å².